The summed E-state index contributed by atoms with van der Waals surface area (Å²) in [6.07, 6.45) is 0. The molecule has 2 aromatic heterocycles. The summed E-state index contributed by atoms with van der Waals surface area (Å²) in [5, 5.41) is 9.29. The Hall–Kier alpha value is -1.41. The van der Waals surface area contributed by atoms with Crippen LogP contribution in [0.5, 0.6) is 0 Å². The molecule has 0 aliphatic carbocycles. The number of aromatic nitrogens is 4. The normalized spacial score (nSPS) is 12.1. The van der Waals surface area contributed by atoms with E-state index < -0.39 is 15.5 Å². The number of halogens is 1. The van der Waals surface area contributed by atoms with E-state index in [9.17, 15) is 13.2 Å². The molecule has 0 atom stereocenters. The number of hydrogen-bond acceptors (Lipinski definition) is 5. The van der Waals surface area contributed by atoms with Gasteiger partial charge in [0.05, 0.1) is 5.75 Å². The summed E-state index contributed by atoms with van der Waals surface area (Å²) >= 11 is 5.37. The number of rotatable bonds is 3. The number of sulfone groups is 1. The fraction of sp³-hybridized carbons (Fsp3) is 0.286. The van der Waals surface area contributed by atoms with Crippen LogP contribution in [-0.4, -0.2) is 39.9 Å². The highest BCUT2D eigenvalue weighted by atomic mass is 35.5. The van der Waals surface area contributed by atoms with Gasteiger partial charge in [0, 0.05) is 5.88 Å². The summed E-state index contributed by atoms with van der Waals surface area (Å²) in [5.74, 6) is -0.248. The first-order valence-electron chi connectivity index (χ1n) is 4.28. The molecule has 16 heavy (non-hydrogen) atoms. The molecule has 0 saturated heterocycles. The Morgan fingerprint density at radius 2 is 2.19 bits per heavy atom. The molecule has 0 unspecified atom stereocenters. The molecule has 0 saturated carbocycles. The molecule has 0 aliphatic heterocycles. The van der Waals surface area contributed by atoms with Gasteiger partial charge in [0.15, 0.2) is 20.5 Å². The second-order valence-electron chi connectivity index (χ2n) is 2.98. The van der Waals surface area contributed by atoms with E-state index in [0.717, 1.165) is 4.52 Å². The monoisotopic (exact) mass is 262 g/mol. The summed E-state index contributed by atoms with van der Waals surface area (Å²) in [6.45, 7) is 0. The van der Waals surface area contributed by atoms with Crippen molar-refractivity contribution in [3.63, 3.8) is 0 Å². The lowest BCUT2D eigenvalue weighted by Gasteiger charge is -2.00. The number of H-pyrrole nitrogens is 1. The second-order valence-corrected chi connectivity index (χ2v) is 5.41. The smallest absolute Gasteiger partial charge is 0.244 e. The molecule has 0 spiro atoms. The summed E-state index contributed by atoms with van der Waals surface area (Å²) < 4.78 is 24.1. The van der Waals surface area contributed by atoms with Crippen LogP contribution in [0.15, 0.2) is 22.0 Å². The van der Waals surface area contributed by atoms with E-state index >= 15 is 0 Å². The van der Waals surface area contributed by atoms with Crippen molar-refractivity contribution in [2.45, 2.75) is 5.03 Å². The average molecular weight is 263 g/mol. The number of alkyl halides is 1. The van der Waals surface area contributed by atoms with Crippen molar-refractivity contribution in [2.75, 3.05) is 11.6 Å². The molecule has 9 heteroatoms. The third kappa shape index (κ3) is 1.81. The summed E-state index contributed by atoms with van der Waals surface area (Å²) in [5.41, 5.74) is -0.326. The van der Waals surface area contributed by atoms with Crippen molar-refractivity contribution >= 4 is 27.1 Å². The van der Waals surface area contributed by atoms with Gasteiger partial charge >= 0.3 is 5.69 Å². The number of fused-ring (bicyclic) bond motifs is 1. The number of nitrogens with zero attached hydrogens (tertiary/aromatic N) is 3. The van der Waals surface area contributed by atoms with E-state index in [1.54, 1.807) is 0 Å². The lowest BCUT2D eigenvalue weighted by molar-refractivity contribution is 0.590. The minimum Gasteiger partial charge on any atom is -0.244 e. The van der Waals surface area contributed by atoms with Crippen molar-refractivity contribution in [1.29, 1.82) is 0 Å². The fourth-order valence-electron chi connectivity index (χ4n) is 1.16. The quantitative estimate of drug-likeness (QED) is 0.747. The van der Waals surface area contributed by atoms with Gasteiger partial charge < -0.3 is 0 Å². The van der Waals surface area contributed by atoms with E-state index in [4.69, 9.17) is 11.6 Å². The van der Waals surface area contributed by atoms with Gasteiger partial charge in [-0.05, 0) is 12.1 Å². The average Bonchev–Trinajstić information content (AvgIpc) is 2.60. The number of nitrogens with one attached hydrogen (secondary N) is 1. The molecule has 0 aromatic carbocycles. The zero-order valence-electron chi connectivity index (χ0n) is 7.92. The standard InChI is InChI=1S/C7H7ClN4O3S/c8-3-4-16(14,15)6-2-1-5-9-10-7(13)12(5)11-6/h1-2H,3-4H2,(H,10,13). The van der Waals surface area contributed by atoms with Crippen molar-refractivity contribution in [1.82, 2.24) is 19.8 Å². The van der Waals surface area contributed by atoms with Crippen LogP contribution in [0.1, 0.15) is 0 Å². The highest BCUT2D eigenvalue weighted by Crippen LogP contribution is 2.07. The molecule has 0 amide bonds. The minimum absolute atomic E-state index is 0.0255. The maximum atomic E-state index is 11.6. The molecular weight excluding hydrogens is 256 g/mol. The molecule has 0 radical (unpaired) electrons. The SMILES string of the molecule is O=c1[nH]nc2ccc(S(=O)(=O)CCCl)nn12. The van der Waals surface area contributed by atoms with Crippen molar-refractivity contribution < 1.29 is 8.42 Å². The van der Waals surface area contributed by atoms with Gasteiger partial charge in [0.2, 0.25) is 0 Å². The highest BCUT2D eigenvalue weighted by Gasteiger charge is 2.16. The molecule has 0 fully saturated rings. The Morgan fingerprint density at radius 3 is 2.88 bits per heavy atom. The topological polar surface area (TPSA) is 97.2 Å². The zero-order valence-corrected chi connectivity index (χ0v) is 9.49. The van der Waals surface area contributed by atoms with E-state index in [1.807, 2.05) is 0 Å². The van der Waals surface area contributed by atoms with Gasteiger partial charge in [0.1, 0.15) is 0 Å². The molecule has 0 bridgehead atoms. The van der Waals surface area contributed by atoms with Crippen LogP contribution in [0.4, 0.5) is 0 Å². The lowest BCUT2D eigenvalue weighted by Crippen LogP contribution is -2.17. The first-order chi connectivity index (χ1) is 7.54. The lowest BCUT2D eigenvalue weighted by atomic mass is 10.6. The molecule has 2 rings (SSSR count). The van der Waals surface area contributed by atoms with Crippen LogP contribution in [0.25, 0.3) is 5.65 Å². The third-order valence-electron chi connectivity index (χ3n) is 1.91. The summed E-state index contributed by atoms with van der Waals surface area (Å²) in [7, 11) is -3.54. The van der Waals surface area contributed by atoms with Gasteiger partial charge in [-0.1, -0.05) is 0 Å². The highest BCUT2D eigenvalue weighted by molar-refractivity contribution is 7.91. The van der Waals surface area contributed by atoms with E-state index in [-0.39, 0.29) is 22.3 Å². The van der Waals surface area contributed by atoms with Gasteiger partial charge in [-0.2, -0.15) is 14.7 Å². The molecule has 7 nitrogen and oxygen atoms in total. The summed E-state index contributed by atoms with van der Waals surface area (Å²) in [4.78, 5) is 11.2. The third-order valence-corrected chi connectivity index (χ3v) is 3.92. The zero-order chi connectivity index (χ0) is 11.8. The fourth-order valence-corrected chi connectivity index (χ4v) is 2.66. The van der Waals surface area contributed by atoms with Gasteiger partial charge in [-0.25, -0.2) is 18.3 Å². The van der Waals surface area contributed by atoms with Crippen LogP contribution in [-0.2, 0) is 9.84 Å². The maximum Gasteiger partial charge on any atom is 0.364 e. The van der Waals surface area contributed by atoms with Crippen LogP contribution in [0, 0.1) is 0 Å². The molecule has 2 heterocycles. The Bertz CT molecular complexity index is 674. The predicted octanol–water partition coefficient (Wildman–Crippen LogP) is -0.570. The first-order valence-corrected chi connectivity index (χ1v) is 6.46. The van der Waals surface area contributed by atoms with Crippen molar-refractivity contribution in [2.24, 2.45) is 0 Å². The molecular formula is C7H7ClN4O3S. The van der Waals surface area contributed by atoms with Gasteiger partial charge in [-0.15, -0.1) is 11.6 Å². The summed E-state index contributed by atoms with van der Waals surface area (Å²) in [6, 6.07) is 2.68. The minimum atomic E-state index is -3.54. The number of aromatic amines is 1. The van der Waals surface area contributed by atoms with Crippen LogP contribution in [0.3, 0.4) is 0 Å². The predicted molar refractivity (Wildman–Crippen MR) is 56.4 cm³/mol. The van der Waals surface area contributed by atoms with E-state index in [2.05, 4.69) is 15.3 Å². The van der Waals surface area contributed by atoms with Crippen LogP contribution >= 0.6 is 11.6 Å². The molecule has 86 valence electrons. The van der Waals surface area contributed by atoms with Crippen molar-refractivity contribution in [3.05, 3.63) is 22.6 Å². The maximum absolute atomic E-state index is 11.6. The number of hydrogen-bond donors (Lipinski definition) is 1. The van der Waals surface area contributed by atoms with Gasteiger partial charge in [-0.3, -0.25) is 0 Å². The Morgan fingerprint density at radius 1 is 1.44 bits per heavy atom. The first kappa shape index (κ1) is 11.1. The van der Waals surface area contributed by atoms with E-state index in [0.29, 0.717) is 0 Å². The van der Waals surface area contributed by atoms with Crippen molar-refractivity contribution in [3.8, 4) is 0 Å². The van der Waals surface area contributed by atoms with Gasteiger partial charge in [0.25, 0.3) is 0 Å². The molecule has 1 N–H and O–H groups in total. The largest absolute Gasteiger partial charge is 0.364 e. The van der Waals surface area contributed by atoms with Crippen LogP contribution < -0.4 is 5.69 Å². The molecule has 0 aliphatic rings. The van der Waals surface area contributed by atoms with Crippen LogP contribution in [0.2, 0.25) is 0 Å². The Balaban J connectivity index is 2.63. The van der Waals surface area contributed by atoms with E-state index in [1.165, 1.54) is 12.1 Å². The second kappa shape index (κ2) is 3.87. The molecule has 2 aromatic rings. The Kier molecular flexibility index (Phi) is 2.68. The Labute approximate surface area is 95.0 Å².